The van der Waals surface area contributed by atoms with Crippen molar-refractivity contribution in [2.45, 2.75) is 25.3 Å². The van der Waals surface area contributed by atoms with Gasteiger partial charge < -0.3 is 20.9 Å². The molecule has 0 saturated heterocycles. The number of benzene rings is 1. The van der Waals surface area contributed by atoms with Crippen LogP contribution in [0.15, 0.2) is 24.3 Å². The van der Waals surface area contributed by atoms with Gasteiger partial charge in [0.1, 0.15) is 16.7 Å². The topological polar surface area (TPSA) is 93.3 Å². The first-order chi connectivity index (χ1) is 12.6. The van der Waals surface area contributed by atoms with Gasteiger partial charge >= 0.3 is 0 Å². The van der Waals surface area contributed by atoms with Crippen molar-refractivity contribution in [3.8, 4) is 5.75 Å². The number of methoxy groups -OCH3 is 1. The molecule has 3 rings (SSSR count). The molecule has 138 valence electrons. The lowest BCUT2D eigenvalue weighted by Gasteiger charge is -2.16. The van der Waals surface area contributed by atoms with Gasteiger partial charge in [-0.3, -0.25) is 0 Å². The number of hydrogen-bond donors (Lipinski definition) is 3. The van der Waals surface area contributed by atoms with Crippen LogP contribution in [0.4, 0.5) is 11.8 Å². The van der Waals surface area contributed by atoms with E-state index in [1.165, 1.54) is 0 Å². The minimum atomic E-state index is 0.132. The summed E-state index contributed by atoms with van der Waals surface area (Å²) in [5, 5.41) is 13.0. The number of nitrogen functional groups attached to an aromatic ring is 1. The van der Waals surface area contributed by atoms with E-state index < -0.39 is 0 Å². The van der Waals surface area contributed by atoms with Gasteiger partial charge in [0, 0.05) is 12.6 Å². The van der Waals surface area contributed by atoms with Gasteiger partial charge in [-0.2, -0.15) is 4.98 Å². The Kier molecular flexibility index (Phi) is 5.96. The largest absolute Gasteiger partial charge is 0.497 e. The number of nitrogens with one attached hydrogen (secondary N) is 1. The molecular formula is C19H23ClN4O2. The minimum Gasteiger partial charge on any atom is -0.497 e. The second kappa shape index (κ2) is 8.38. The molecule has 1 aromatic heterocycles. The Morgan fingerprint density at radius 3 is 2.92 bits per heavy atom. The Bertz CT molecular complexity index is 797. The number of nitrogens with zero attached hydrogens (tertiary/aromatic N) is 2. The fourth-order valence-corrected chi connectivity index (χ4v) is 3.45. The van der Waals surface area contributed by atoms with Gasteiger partial charge in [0.2, 0.25) is 5.95 Å². The highest BCUT2D eigenvalue weighted by molar-refractivity contribution is 6.31. The van der Waals surface area contributed by atoms with Crippen molar-refractivity contribution in [1.29, 1.82) is 0 Å². The molecule has 2 aromatic rings. The first-order valence-electron chi connectivity index (χ1n) is 8.61. The van der Waals surface area contributed by atoms with Crippen LogP contribution in [0.25, 0.3) is 12.2 Å². The summed E-state index contributed by atoms with van der Waals surface area (Å²) in [6.45, 7) is 0.216. The van der Waals surface area contributed by atoms with Crippen molar-refractivity contribution < 1.29 is 9.84 Å². The number of aliphatic hydroxyl groups is 1. The molecule has 0 spiro atoms. The van der Waals surface area contributed by atoms with E-state index in [1.807, 2.05) is 36.4 Å². The van der Waals surface area contributed by atoms with Gasteiger partial charge in [-0.1, -0.05) is 29.8 Å². The van der Waals surface area contributed by atoms with Crippen LogP contribution < -0.4 is 15.8 Å². The van der Waals surface area contributed by atoms with E-state index in [9.17, 15) is 5.11 Å². The predicted molar refractivity (Wildman–Crippen MR) is 105 cm³/mol. The Morgan fingerprint density at radius 2 is 2.19 bits per heavy atom. The summed E-state index contributed by atoms with van der Waals surface area (Å²) < 4.78 is 5.25. The summed E-state index contributed by atoms with van der Waals surface area (Å²) in [4.78, 5) is 8.39. The molecular weight excluding hydrogens is 352 g/mol. The van der Waals surface area contributed by atoms with Crippen LogP contribution in [0.3, 0.4) is 0 Å². The number of anilines is 2. The molecule has 4 N–H and O–H groups in total. The highest BCUT2D eigenvalue weighted by Gasteiger charge is 2.25. The number of aromatic nitrogens is 2. The molecule has 1 aromatic carbocycles. The van der Waals surface area contributed by atoms with Gasteiger partial charge in [-0.15, -0.1) is 0 Å². The molecule has 1 aliphatic carbocycles. The van der Waals surface area contributed by atoms with Crippen LogP contribution >= 0.6 is 11.6 Å². The van der Waals surface area contributed by atoms with Crippen molar-refractivity contribution in [1.82, 2.24) is 9.97 Å². The van der Waals surface area contributed by atoms with Crippen molar-refractivity contribution in [2.75, 3.05) is 24.8 Å². The van der Waals surface area contributed by atoms with E-state index in [2.05, 4.69) is 15.3 Å². The second-order valence-corrected chi connectivity index (χ2v) is 6.81. The van der Waals surface area contributed by atoms with Gasteiger partial charge in [-0.25, -0.2) is 4.98 Å². The Balaban J connectivity index is 1.84. The molecule has 1 heterocycles. The molecule has 1 aliphatic rings. The van der Waals surface area contributed by atoms with Gasteiger partial charge in [0.05, 0.1) is 12.7 Å². The summed E-state index contributed by atoms with van der Waals surface area (Å²) in [6, 6.07) is 7.95. The third kappa shape index (κ3) is 4.45. The number of rotatable bonds is 6. The zero-order chi connectivity index (χ0) is 18.5. The Hall–Kier alpha value is -2.31. The average Bonchev–Trinajstić information content (AvgIpc) is 3.08. The van der Waals surface area contributed by atoms with Crippen LogP contribution in [-0.2, 0) is 0 Å². The lowest BCUT2D eigenvalue weighted by atomic mass is 10.1. The maximum atomic E-state index is 9.33. The van der Waals surface area contributed by atoms with Gasteiger partial charge in [-0.05, 0) is 49.0 Å². The number of hydrogen-bond acceptors (Lipinski definition) is 6. The molecule has 1 saturated carbocycles. The average molecular weight is 375 g/mol. The van der Waals surface area contributed by atoms with E-state index in [4.69, 9.17) is 22.1 Å². The summed E-state index contributed by atoms with van der Waals surface area (Å²) in [6.07, 6.45) is 6.68. The molecule has 0 amide bonds. The third-order valence-corrected chi connectivity index (χ3v) is 4.88. The van der Waals surface area contributed by atoms with Gasteiger partial charge in [0.15, 0.2) is 0 Å². The van der Waals surface area contributed by atoms with Crippen LogP contribution in [0.5, 0.6) is 5.75 Å². The van der Waals surface area contributed by atoms with Crippen LogP contribution in [0, 0.1) is 5.92 Å². The normalized spacial score (nSPS) is 19.8. The molecule has 0 unspecified atom stereocenters. The third-order valence-electron chi connectivity index (χ3n) is 4.59. The number of nitrogens with two attached hydrogens (primary N) is 1. The molecule has 0 bridgehead atoms. The monoisotopic (exact) mass is 374 g/mol. The fraction of sp³-hybridized carbons (Fsp3) is 0.368. The molecule has 6 nitrogen and oxygen atoms in total. The zero-order valence-electron chi connectivity index (χ0n) is 14.7. The van der Waals surface area contributed by atoms with Crippen LogP contribution in [0.2, 0.25) is 5.15 Å². The lowest BCUT2D eigenvalue weighted by molar-refractivity contribution is 0.229. The Morgan fingerprint density at radius 1 is 1.35 bits per heavy atom. The molecule has 26 heavy (non-hydrogen) atoms. The quantitative estimate of drug-likeness (QED) is 0.670. The standard InChI is InChI=1S/C19H23ClN4O2/c1-26-15-4-2-3-12(10-15)6-8-16-17(20)23-19(21)24-18(16)22-14-7-5-13(9-14)11-25/h2-4,6,8,10,13-14,25H,5,7,9,11H2,1H3,(H3,21,22,23,24)/b8-6+/t13-,14+/m1/s1. The lowest BCUT2D eigenvalue weighted by Crippen LogP contribution is -2.18. The number of halogens is 1. The highest BCUT2D eigenvalue weighted by Crippen LogP contribution is 2.31. The van der Waals surface area contributed by atoms with E-state index >= 15 is 0 Å². The molecule has 1 fully saturated rings. The van der Waals surface area contributed by atoms with E-state index in [0.717, 1.165) is 30.6 Å². The maximum Gasteiger partial charge on any atom is 0.223 e. The van der Waals surface area contributed by atoms with E-state index in [1.54, 1.807) is 7.11 Å². The van der Waals surface area contributed by atoms with Crippen LogP contribution in [-0.4, -0.2) is 34.8 Å². The highest BCUT2D eigenvalue weighted by atomic mass is 35.5. The van der Waals surface area contributed by atoms with Crippen molar-refractivity contribution in [2.24, 2.45) is 5.92 Å². The first-order valence-corrected chi connectivity index (χ1v) is 8.99. The fourth-order valence-electron chi connectivity index (χ4n) is 3.21. The van der Waals surface area contributed by atoms with Crippen molar-refractivity contribution in [3.63, 3.8) is 0 Å². The number of ether oxygens (including phenoxy) is 1. The summed E-state index contributed by atoms with van der Waals surface area (Å²) >= 11 is 6.31. The second-order valence-electron chi connectivity index (χ2n) is 6.45. The first kappa shape index (κ1) is 18.5. The molecule has 0 radical (unpaired) electrons. The van der Waals surface area contributed by atoms with E-state index in [-0.39, 0.29) is 18.6 Å². The summed E-state index contributed by atoms with van der Waals surface area (Å²) in [7, 11) is 1.64. The molecule has 7 heteroatoms. The van der Waals surface area contributed by atoms with Gasteiger partial charge in [0.25, 0.3) is 0 Å². The minimum absolute atomic E-state index is 0.132. The SMILES string of the molecule is COc1cccc(/C=C/c2c(Cl)nc(N)nc2N[C@H]2CC[C@@H](CO)C2)c1. The maximum absolute atomic E-state index is 9.33. The van der Waals surface area contributed by atoms with E-state index in [0.29, 0.717) is 22.5 Å². The smallest absolute Gasteiger partial charge is 0.223 e. The molecule has 0 aliphatic heterocycles. The predicted octanol–water partition coefficient (Wildman–Crippen LogP) is 3.46. The Labute approximate surface area is 158 Å². The van der Waals surface area contributed by atoms with Crippen molar-refractivity contribution in [3.05, 3.63) is 40.5 Å². The summed E-state index contributed by atoms with van der Waals surface area (Å²) in [5.74, 6) is 1.86. The summed E-state index contributed by atoms with van der Waals surface area (Å²) in [5.41, 5.74) is 7.44. The van der Waals surface area contributed by atoms with Crippen molar-refractivity contribution >= 4 is 35.5 Å². The zero-order valence-corrected chi connectivity index (χ0v) is 15.4. The molecule has 2 atom stereocenters. The van der Waals surface area contributed by atoms with Crippen LogP contribution in [0.1, 0.15) is 30.4 Å². The number of aliphatic hydroxyl groups excluding tert-OH is 1.